The van der Waals surface area contributed by atoms with E-state index in [1.165, 1.54) is 4.31 Å². The van der Waals surface area contributed by atoms with Gasteiger partial charge in [-0.05, 0) is 24.7 Å². The molecule has 0 spiro atoms. The first-order valence-electron chi connectivity index (χ1n) is 6.35. The highest BCUT2D eigenvalue weighted by Crippen LogP contribution is 2.32. The second-order valence-electron chi connectivity index (χ2n) is 4.54. The first-order chi connectivity index (χ1) is 8.05. The van der Waals surface area contributed by atoms with Gasteiger partial charge in [0.25, 0.3) is 10.2 Å². The molecule has 0 aromatic heterocycles. The third-order valence-electron chi connectivity index (χ3n) is 3.59. The van der Waals surface area contributed by atoms with Crippen molar-refractivity contribution in [2.24, 2.45) is 11.8 Å². The molecule has 2 unspecified atom stereocenters. The quantitative estimate of drug-likeness (QED) is 0.724. The van der Waals surface area contributed by atoms with Crippen molar-refractivity contribution in [3.05, 3.63) is 0 Å². The highest BCUT2D eigenvalue weighted by Gasteiger charge is 2.28. The monoisotopic (exact) mass is 282 g/mol. The van der Waals surface area contributed by atoms with Crippen LogP contribution < -0.4 is 4.72 Å². The molecular formula is C11H23ClN2O2S. The predicted octanol–water partition coefficient (Wildman–Crippen LogP) is 1.82. The zero-order valence-electron chi connectivity index (χ0n) is 10.7. The average Bonchev–Trinajstić information content (AvgIpc) is 2.75. The normalized spacial score (nSPS) is 25.6. The third kappa shape index (κ3) is 4.09. The number of rotatable bonds is 7. The van der Waals surface area contributed by atoms with E-state index in [2.05, 4.69) is 4.72 Å². The largest absolute Gasteiger partial charge is 0.279 e. The van der Waals surface area contributed by atoms with E-state index >= 15 is 0 Å². The maximum atomic E-state index is 11.9. The van der Waals surface area contributed by atoms with Gasteiger partial charge in [-0.1, -0.05) is 20.3 Å². The summed E-state index contributed by atoms with van der Waals surface area (Å²) in [5, 5.41) is 0. The van der Waals surface area contributed by atoms with Crippen LogP contribution in [-0.4, -0.2) is 38.2 Å². The summed E-state index contributed by atoms with van der Waals surface area (Å²) >= 11 is 5.88. The number of nitrogens with zero attached hydrogens (tertiary/aromatic N) is 1. The molecule has 0 aliphatic heterocycles. The van der Waals surface area contributed by atoms with Crippen molar-refractivity contribution in [2.75, 3.05) is 25.5 Å². The molecule has 0 aromatic rings. The summed E-state index contributed by atoms with van der Waals surface area (Å²) in [6, 6.07) is 0. The summed E-state index contributed by atoms with van der Waals surface area (Å²) < 4.78 is 28.0. The Morgan fingerprint density at radius 2 is 1.82 bits per heavy atom. The molecule has 0 amide bonds. The molecule has 6 heteroatoms. The van der Waals surface area contributed by atoms with E-state index in [1.54, 1.807) is 0 Å². The first kappa shape index (κ1) is 15.2. The third-order valence-corrected chi connectivity index (χ3v) is 5.71. The van der Waals surface area contributed by atoms with Crippen molar-refractivity contribution < 1.29 is 8.42 Å². The highest BCUT2D eigenvalue weighted by atomic mass is 35.5. The maximum Gasteiger partial charge on any atom is 0.279 e. The Morgan fingerprint density at radius 3 is 2.35 bits per heavy atom. The molecule has 102 valence electrons. The molecule has 1 saturated carbocycles. The van der Waals surface area contributed by atoms with E-state index in [0.29, 0.717) is 37.4 Å². The van der Waals surface area contributed by atoms with Crippen molar-refractivity contribution in [1.29, 1.82) is 0 Å². The zero-order valence-corrected chi connectivity index (χ0v) is 12.2. The van der Waals surface area contributed by atoms with Crippen LogP contribution in [0.5, 0.6) is 0 Å². The summed E-state index contributed by atoms with van der Waals surface area (Å²) in [5.74, 6) is 1.51. The van der Waals surface area contributed by atoms with Gasteiger partial charge in [-0.3, -0.25) is 0 Å². The summed E-state index contributed by atoms with van der Waals surface area (Å²) in [6.07, 6.45) is 3.37. The van der Waals surface area contributed by atoms with Crippen LogP contribution in [0.1, 0.15) is 33.1 Å². The summed E-state index contributed by atoms with van der Waals surface area (Å²) in [7, 11) is -3.30. The molecule has 1 fully saturated rings. The summed E-state index contributed by atoms with van der Waals surface area (Å²) in [4.78, 5) is 0. The minimum atomic E-state index is -3.30. The fraction of sp³-hybridized carbons (Fsp3) is 1.00. The van der Waals surface area contributed by atoms with Crippen LogP contribution in [0.4, 0.5) is 0 Å². The lowest BCUT2D eigenvalue weighted by molar-refractivity contribution is 0.396. The summed E-state index contributed by atoms with van der Waals surface area (Å²) in [5.41, 5.74) is 0. The number of hydrogen-bond acceptors (Lipinski definition) is 2. The Hall–Kier alpha value is 0.160. The lowest BCUT2D eigenvalue weighted by Crippen LogP contribution is -2.42. The van der Waals surface area contributed by atoms with Crippen molar-refractivity contribution in [3.63, 3.8) is 0 Å². The molecular weight excluding hydrogens is 260 g/mol. The van der Waals surface area contributed by atoms with Gasteiger partial charge in [-0.15, -0.1) is 11.6 Å². The Kier molecular flexibility index (Phi) is 6.20. The Morgan fingerprint density at radius 1 is 1.24 bits per heavy atom. The molecule has 0 heterocycles. The zero-order chi connectivity index (χ0) is 12.9. The van der Waals surface area contributed by atoms with Gasteiger partial charge in [0.15, 0.2) is 0 Å². The number of halogens is 1. The number of nitrogens with one attached hydrogen (secondary N) is 1. The molecule has 1 rings (SSSR count). The second kappa shape index (κ2) is 6.92. The summed E-state index contributed by atoms with van der Waals surface area (Å²) in [6.45, 7) is 5.24. The van der Waals surface area contributed by atoms with E-state index in [0.717, 1.165) is 19.3 Å². The molecule has 1 aliphatic carbocycles. The molecule has 0 aromatic carbocycles. The van der Waals surface area contributed by atoms with Gasteiger partial charge in [-0.25, -0.2) is 4.72 Å². The van der Waals surface area contributed by atoms with Crippen LogP contribution in [0.2, 0.25) is 0 Å². The molecule has 4 nitrogen and oxygen atoms in total. The van der Waals surface area contributed by atoms with E-state index in [9.17, 15) is 8.42 Å². The lowest BCUT2D eigenvalue weighted by Gasteiger charge is -2.22. The standard InChI is InChI=1S/C11H23ClN2O2S/c1-3-14(4-2)17(15,16)13-9-11-7-5-6-10(11)8-12/h10-11,13H,3-9H2,1-2H3. The molecule has 2 atom stereocenters. The van der Waals surface area contributed by atoms with E-state index in [1.807, 2.05) is 13.8 Å². The molecule has 0 bridgehead atoms. The fourth-order valence-corrected chi connectivity index (χ4v) is 4.15. The van der Waals surface area contributed by atoms with Gasteiger partial charge in [-0.2, -0.15) is 12.7 Å². The first-order valence-corrected chi connectivity index (χ1v) is 8.33. The fourth-order valence-electron chi connectivity index (χ4n) is 2.45. The Bertz CT molecular complexity index is 317. The van der Waals surface area contributed by atoms with Gasteiger partial charge in [0.2, 0.25) is 0 Å². The average molecular weight is 283 g/mol. The molecule has 17 heavy (non-hydrogen) atoms. The minimum absolute atomic E-state index is 0.401. The molecule has 0 saturated heterocycles. The van der Waals surface area contributed by atoms with Crippen molar-refractivity contribution in [1.82, 2.24) is 9.03 Å². The van der Waals surface area contributed by atoms with Crippen LogP contribution in [0, 0.1) is 11.8 Å². The maximum absolute atomic E-state index is 11.9. The molecule has 0 radical (unpaired) electrons. The van der Waals surface area contributed by atoms with Gasteiger partial charge < -0.3 is 0 Å². The van der Waals surface area contributed by atoms with Gasteiger partial charge in [0.05, 0.1) is 0 Å². The van der Waals surface area contributed by atoms with Gasteiger partial charge in [0, 0.05) is 25.5 Å². The van der Waals surface area contributed by atoms with Crippen molar-refractivity contribution in [2.45, 2.75) is 33.1 Å². The highest BCUT2D eigenvalue weighted by molar-refractivity contribution is 7.87. The van der Waals surface area contributed by atoms with E-state index in [4.69, 9.17) is 11.6 Å². The van der Waals surface area contributed by atoms with E-state index in [-0.39, 0.29) is 0 Å². The predicted molar refractivity (Wildman–Crippen MR) is 71.4 cm³/mol. The second-order valence-corrected chi connectivity index (χ2v) is 6.61. The smallest absolute Gasteiger partial charge is 0.202 e. The van der Waals surface area contributed by atoms with Gasteiger partial charge >= 0.3 is 0 Å². The van der Waals surface area contributed by atoms with Crippen LogP contribution in [-0.2, 0) is 10.2 Å². The number of alkyl halides is 1. The number of hydrogen-bond donors (Lipinski definition) is 1. The lowest BCUT2D eigenvalue weighted by atomic mass is 9.98. The van der Waals surface area contributed by atoms with Crippen LogP contribution in [0.25, 0.3) is 0 Å². The molecule has 1 N–H and O–H groups in total. The van der Waals surface area contributed by atoms with Crippen molar-refractivity contribution >= 4 is 21.8 Å². The Balaban J connectivity index is 2.49. The topological polar surface area (TPSA) is 49.4 Å². The van der Waals surface area contributed by atoms with E-state index < -0.39 is 10.2 Å². The van der Waals surface area contributed by atoms with Crippen molar-refractivity contribution in [3.8, 4) is 0 Å². The SMILES string of the molecule is CCN(CC)S(=O)(=O)NCC1CCCC1CCl. The van der Waals surface area contributed by atoms with Gasteiger partial charge in [0.1, 0.15) is 0 Å². The molecule has 1 aliphatic rings. The van der Waals surface area contributed by atoms with Crippen LogP contribution in [0.3, 0.4) is 0 Å². The van der Waals surface area contributed by atoms with Crippen LogP contribution >= 0.6 is 11.6 Å². The van der Waals surface area contributed by atoms with Crippen LogP contribution in [0.15, 0.2) is 0 Å². The Labute approximate surface area is 110 Å². The minimum Gasteiger partial charge on any atom is -0.202 e.